The van der Waals surface area contributed by atoms with Crippen LogP contribution >= 0.6 is 0 Å². The van der Waals surface area contributed by atoms with Crippen molar-refractivity contribution in [3.8, 4) is 0 Å². The highest BCUT2D eigenvalue weighted by atomic mass is 16.2. The maximum Gasteiger partial charge on any atom is 0.289 e. The number of hydrogen-bond donors (Lipinski definition) is 1. The molecule has 3 aliphatic rings. The van der Waals surface area contributed by atoms with Crippen molar-refractivity contribution in [1.29, 1.82) is 0 Å². The van der Waals surface area contributed by atoms with Crippen molar-refractivity contribution < 1.29 is 9.59 Å². The van der Waals surface area contributed by atoms with Gasteiger partial charge in [-0.2, -0.15) is 0 Å². The van der Waals surface area contributed by atoms with Crippen LogP contribution < -0.4 is 5.32 Å². The van der Waals surface area contributed by atoms with Crippen LogP contribution in [-0.4, -0.2) is 55.2 Å². The van der Waals surface area contributed by atoms with Gasteiger partial charge in [0, 0.05) is 61.8 Å². The third kappa shape index (κ3) is 3.69. The fourth-order valence-electron chi connectivity index (χ4n) is 6.21. The van der Waals surface area contributed by atoms with Crippen LogP contribution in [0.15, 0.2) is 30.5 Å². The Bertz CT molecular complexity index is 1250. The number of benzene rings is 1. The van der Waals surface area contributed by atoms with Crippen LogP contribution in [-0.2, 0) is 20.0 Å². The Morgan fingerprint density at radius 1 is 1.06 bits per heavy atom. The average molecular weight is 461 g/mol. The van der Waals surface area contributed by atoms with Crippen molar-refractivity contribution in [2.45, 2.75) is 64.0 Å². The molecule has 178 valence electrons. The summed E-state index contributed by atoms with van der Waals surface area (Å²) >= 11 is 0. The number of carbonyl (C=O) groups is 2. The molecule has 1 saturated carbocycles. The molecule has 1 unspecified atom stereocenters. The molecule has 0 bridgehead atoms. The van der Waals surface area contributed by atoms with Gasteiger partial charge >= 0.3 is 0 Å². The first-order valence-electron chi connectivity index (χ1n) is 12.6. The van der Waals surface area contributed by atoms with Gasteiger partial charge in [-0.05, 0) is 61.8 Å². The highest BCUT2D eigenvalue weighted by molar-refractivity contribution is 5.98. The summed E-state index contributed by atoms with van der Waals surface area (Å²) in [6.07, 6.45) is 10.2. The number of fused-ring (bicyclic) bond motifs is 2. The van der Waals surface area contributed by atoms with Crippen molar-refractivity contribution in [3.63, 3.8) is 0 Å². The van der Waals surface area contributed by atoms with Gasteiger partial charge in [-0.25, -0.2) is 0 Å². The second-order valence-corrected chi connectivity index (χ2v) is 10.5. The predicted octanol–water partition coefficient (Wildman–Crippen LogP) is 3.31. The minimum atomic E-state index is -0.0962. The summed E-state index contributed by atoms with van der Waals surface area (Å²) in [6.45, 7) is 2.27. The fraction of sp³-hybridized carbons (Fsp3) is 0.538. The van der Waals surface area contributed by atoms with E-state index in [2.05, 4.69) is 26.1 Å². The molecule has 6 rings (SSSR count). The van der Waals surface area contributed by atoms with Crippen molar-refractivity contribution in [2.24, 2.45) is 12.5 Å². The van der Waals surface area contributed by atoms with Crippen molar-refractivity contribution in [3.05, 3.63) is 47.7 Å². The molecule has 0 radical (unpaired) electrons. The third-order valence-electron chi connectivity index (χ3n) is 8.32. The zero-order valence-corrected chi connectivity index (χ0v) is 19.8. The molecule has 2 aliphatic heterocycles. The van der Waals surface area contributed by atoms with Crippen LogP contribution in [0.2, 0.25) is 0 Å². The summed E-state index contributed by atoms with van der Waals surface area (Å²) in [4.78, 5) is 28.2. The molecular formula is C26H32N6O2. The lowest BCUT2D eigenvalue weighted by molar-refractivity contribution is 0.0767. The quantitative estimate of drug-likeness (QED) is 0.650. The van der Waals surface area contributed by atoms with Crippen LogP contribution in [0.3, 0.4) is 0 Å². The van der Waals surface area contributed by atoms with Crippen LogP contribution in [0.5, 0.6) is 0 Å². The molecular weight excluding hydrogens is 428 g/mol. The van der Waals surface area contributed by atoms with Gasteiger partial charge in [0.25, 0.3) is 11.8 Å². The minimum absolute atomic E-state index is 0.0758. The molecule has 1 atom stereocenters. The molecule has 1 saturated heterocycles. The first kappa shape index (κ1) is 21.4. The molecule has 2 amide bonds. The molecule has 8 nitrogen and oxygen atoms in total. The summed E-state index contributed by atoms with van der Waals surface area (Å²) < 4.78 is 4.09. The highest BCUT2D eigenvalue weighted by Gasteiger charge is 2.42. The molecule has 34 heavy (non-hydrogen) atoms. The van der Waals surface area contributed by atoms with Crippen molar-refractivity contribution in [1.82, 2.24) is 29.5 Å². The second-order valence-electron chi connectivity index (χ2n) is 10.5. The van der Waals surface area contributed by atoms with E-state index in [0.29, 0.717) is 5.82 Å². The van der Waals surface area contributed by atoms with Gasteiger partial charge in [-0.15, -0.1) is 10.2 Å². The van der Waals surface area contributed by atoms with Gasteiger partial charge < -0.3 is 19.4 Å². The molecule has 3 aromatic rings. The van der Waals surface area contributed by atoms with Gasteiger partial charge in [0.1, 0.15) is 5.82 Å². The van der Waals surface area contributed by atoms with Gasteiger partial charge in [0.15, 0.2) is 0 Å². The van der Waals surface area contributed by atoms with Gasteiger partial charge in [-0.1, -0.05) is 12.8 Å². The normalized spacial score (nSPS) is 22.9. The summed E-state index contributed by atoms with van der Waals surface area (Å²) in [5.74, 6) is 1.36. The van der Waals surface area contributed by atoms with Gasteiger partial charge in [0.2, 0.25) is 5.82 Å². The van der Waals surface area contributed by atoms with E-state index < -0.39 is 0 Å². The molecule has 4 heterocycles. The van der Waals surface area contributed by atoms with E-state index in [1.807, 2.05) is 40.9 Å². The Labute approximate surface area is 199 Å². The highest BCUT2D eigenvalue weighted by Crippen LogP contribution is 2.41. The third-order valence-corrected chi connectivity index (χ3v) is 8.32. The standard InChI is InChI=1S/C26H32N6O2/c1-30-13-9-18-16-19(6-7-21(18)30)25(34)31-14-11-26(17-31)10-8-22-28-29-23(32(22)15-12-26)24(33)27-20-4-2-3-5-20/h6-7,9,13,16,20H,2-5,8,10-12,14-15,17H2,1H3,(H,27,33). The largest absolute Gasteiger partial charge is 0.351 e. The van der Waals surface area contributed by atoms with Crippen molar-refractivity contribution >= 4 is 22.7 Å². The predicted molar refractivity (Wildman–Crippen MR) is 129 cm³/mol. The fourth-order valence-corrected chi connectivity index (χ4v) is 6.21. The first-order chi connectivity index (χ1) is 16.5. The molecule has 2 fully saturated rings. The number of amides is 2. The Hall–Kier alpha value is -3.16. The number of aryl methyl sites for hydroxylation is 2. The molecule has 1 aromatic carbocycles. The van der Waals surface area contributed by atoms with Crippen LogP contribution in [0.1, 0.15) is 71.7 Å². The lowest BCUT2D eigenvalue weighted by atomic mass is 9.80. The van der Waals surface area contributed by atoms with E-state index >= 15 is 0 Å². The molecule has 1 N–H and O–H groups in total. The van der Waals surface area contributed by atoms with E-state index in [1.165, 1.54) is 12.8 Å². The molecule has 8 heteroatoms. The Morgan fingerprint density at radius 2 is 1.88 bits per heavy atom. The number of aromatic nitrogens is 4. The first-order valence-corrected chi connectivity index (χ1v) is 12.6. The Balaban J connectivity index is 1.14. The maximum atomic E-state index is 13.3. The van der Waals surface area contributed by atoms with E-state index in [9.17, 15) is 9.59 Å². The number of nitrogens with one attached hydrogen (secondary N) is 1. The van der Waals surface area contributed by atoms with E-state index in [1.54, 1.807) is 0 Å². The van der Waals surface area contributed by atoms with Crippen LogP contribution in [0, 0.1) is 5.41 Å². The SMILES string of the molecule is Cn1ccc2cc(C(=O)N3CCC4(CCc5nnc(C(=O)NC6CCCC6)n5CC4)C3)ccc21. The van der Waals surface area contributed by atoms with E-state index in [-0.39, 0.29) is 23.3 Å². The van der Waals surface area contributed by atoms with Crippen LogP contribution in [0.25, 0.3) is 10.9 Å². The number of hydrogen-bond acceptors (Lipinski definition) is 4. The van der Waals surface area contributed by atoms with Gasteiger partial charge in [0.05, 0.1) is 0 Å². The molecule has 1 spiro atoms. The van der Waals surface area contributed by atoms with E-state index in [0.717, 1.165) is 80.4 Å². The summed E-state index contributed by atoms with van der Waals surface area (Å²) in [7, 11) is 2.02. The molecule has 2 aromatic heterocycles. The zero-order chi connectivity index (χ0) is 23.3. The lowest BCUT2D eigenvalue weighted by Gasteiger charge is -2.27. The number of rotatable bonds is 3. The van der Waals surface area contributed by atoms with E-state index in [4.69, 9.17) is 0 Å². The number of carbonyl (C=O) groups excluding carboxylic acids is 2. The summed E-state index contributed by atoms with van der Waals surface area (Å²) in [5.41, 5.74) is 1.97. The lowest BCUT2D eigenvalue weighted by Crippen LogP contribution is -2.35. The smallest absolute Gasteiger partial charge is 0.289 e. The number of nitrogens with zero attached hydrogens (tertiary/aromatic N) is 5. The molecule has 1 aliphatic carbocycles. The Kier molecular flexibility index (Phi) is 5.19. The van der Waals surface area contributed by atoms with Gasteiger partial charge in [-0.3, -0.25) is 9.59 Å². The van der Waals surface area contributed by atoms with Crippen LogP contribution in [0.4, 0.5) is 0 Å². The minimum Gasteiger partial charge on any atom is -0.351 e. The topological polar surface area (TPSA) is 85.1 Å². The maximum absolute atomic E-state index is 13.3. The monoisotopic (exact) mass is 460 g/mol. The van der Waals surface area contributed by atoms with Crippen molar-refractivity contribution in [2.75, 3.05) is 13.1 Å². The summed E-state index contributed by atoms with van der Waals surface area (Å²) in [6, 6.07) is 8.30. The number of likely N-dealkylation sites (tertiary alicyclic amines) is 1. The second kappa shape index (κ2) is 8.25. The Morgan fingerprint density at radius 3 is 2.74 bits per heavy atom. The average Bonchev–Trinajstić information content (AvgIpc) is 3.62. The summed E-state index contributed by atoms with van der Waals surface area (Å²) in [5, 5.41) is 12.9. The zero-order valence-electron chi connectivity index (χ0n) is 19.8.